The molecular formula is C69H47F4N. The largest absolute Gasteiger partial charge is 0.310 e. The van der Waals surface area contributed by atoms with E-state index < -0.39 is 34.1 Å². The standard InChI is InChI=1S/C69H47F4N/c1-5-42-25-29-44(30-26-42)68(65-61(70)21-13-22-62(65)71)56-19-11-8-16-50(56)53-37-34-47(40-59(53)68)74(46-33-36-52-49-15-7-10-18-55(49)67(3,4)58(52)39-46)48-35-38-54-51-17-9-12-20-57(51)69(60(54)41-48,45-31-27-43(6-2)28-32-45)66-63(72)23-14-24-64(66)73/h5-41H,1-2H2,3-4H3. The van der Waals surface area contributed by atoms with Gasteiger partial charge in [-0.15, -0.1) is 0 Å². The molecule has 0 aromatic heterocycles. The molecule has 0 radical (unpaired) electrons. The number of anilines is 3. The molecule has 0 fully saturated rings. The molecule has 0 saturated heterocycles. The van der Waals surface area contributed by atoms with Gasteiger partial charge in [-0.3, -0.25) is 0 Å². The molecule has 0 N–H and O–H groups in total. The van der Waals surface area contributed by atoms with Crippen LogP contribution in [0.25, 0.3) is 45.5 Å². The highest BCUT2D eigenvalue weighted by Crippen LogP contribution is 2.61. The van der Waals surface area contributed by atoms with E-state index in [4.69, 9.17) is 0 Å². The van der Waals surface area contributed by atoms with Crippen molar-refractivity contribution in [2.45, 2.75) is 30.1 Å². The lowest BCUT2D eigenvalue weighted by Crippen LogP contribution is -2.31. The second-order valence-corrected chi connectivity index (χ2v) is 20.1. The number of hydrogen-bond donors (Lipinski definition) is 0. The highest BCUT2D eigenvalue weighted by atomic mass is 19.1. The SMILES string of the molecule is C=Cc1ccc(C2(c3c(F)cccc3F)c3ccccc3-c3ccc(N(c4ccc5c(c4)C(C)(C)c4ccccc4-5)c4ccc5c(c4)C(c4ccc(C=C)cc4)(c4c(F)cccc4F)c4ccccc4-5)cc32)cc1. The Morgan fingerprint density at radius 3 is 1.05 bits per heavy atom. The van der Waals surface area contributed by atoms with Gasteiger partial charge in [-0.1, -0.05) is 191 Å². The van der Waals surface area contributed by atoms with Crippen LogP contribution in [0, 0.1) is 23.3 Å². The number of fused-ring (bicyclic) bond motifs is 9. The van der Waals surface area contributed by atoms with Crippen LogP contribution in [0.5, 0.6) is 0 Å². The molecule has 0 heterocycles. The monoisotopic (exact) mass is 965 g/mol. The van der Waals surface area contributed by atoms with Crippen LogP contribution in [0.3, 0.4) is 0 Å². The zero-order chi connectivity index (χ0) is 50.7. The highest BCUT2D eigenvalue weighted by Gasteiger charge is 2.51. The Balaban J connectivity index is 1.13. The molecule has 3 aliphatic carbocycles. The van der Waals surface area contributed by atoms with E-state index in [0.29, 0.717) is 33.6 Å². The smallest absolute Gasteiger partial charge is 0.130 e. The third-order valence-corrected chi connectivity index (χ3v) is 16.2. The molecule has 0 aliphatic heterocycles. The van der Waals surface area contributed by atoms with Crippen LogP contribution in [0.15, 0.2) is 225 Å². The van der Waals surface area contributed by atoms with E-state index in [1.807, 2.05) is 97.1 Å². The van der Waals surface area contributed by atoms with Crippen molar-refractivity contribution >= 4 is 29.2 Å². The van der Waals surface area contributed by atoms with Gasteiger partial charge in [0.2, 0.25) is 0 Å². The van der Waals surface area contributed by atoms with Crippen LogP contribution in [0.1, 0.15) is 80.6 Å². The van der Waals surface area contributed by atoms with Crippen molar-refractivity contribution in [3.63, 3.8) is 0 Å². The molecule has 5 heteroatoms. The number of benzene rings is 10. The van der Waals surface area contributed by atoms with Gasteiger partial charge in [0.05, 0.1) is 10.8 Å². The molecule has 74 heavy (non-hydrogen) atoms. The van der Waals surface area contributed by atoms with E-state index in [1.54, 1.807) is 12.2 Å². The predicted octanol–water partition coefficient (Wildman–Crippen LogP) is 18.0. The first-order valence-corrected chi connectivity index (χ1v) is 24.9. The maximum atomic E-state index is 17.0. The topological polar surface area (TPSA) is 3.24 Å². The van der Waals surface area contributed by atoms with Crippen molar-refractivity contribution in [3.8, 4) is 33.4 Å². The van der Waals surface area contributed by atoms with Gasteiger partial charge in [0.25, 0.3) is 0 Å². The third kappa shape index (κ3) is 6.16. The van der Waals surface area contributed by atoms with Gasteiger partial charge in [-0.2, -0.15) is 0 Å². The molecule has 0 spiro atoms. The molecule has 2 unspecified atom stereocenters. The second kappa shape index (κ2) is 16.6. The summed E-state index contributed by atoms with van der Waals surface area (Å²) in [6.45, 7) is 12.5. The first-order valence-electron chi connectivity index (χ1n) is 24.9. The van der Waals surface area contributed by atoms with E-state index in [9.17, 15) is 0 Å². The zero-order valence-electron chi connectivity index (χ0n) is 40.7. The lowest BCUT2D eigenvalue weighted by Gasteiger charge is -2.36. The summed E-state index contributed by atoms with van der Waals surface area (Å²) in [6, 6.07) is 66.9. The normalized spacial score (nSPS) is 17.1. The first kappa shape index (κ1) is 45.1. The molecule has 13 rings (SSSR count). The average molecular weight is 966 g/mol. The fraction of sp³-hybridized carbons (Fsp3) is 0.0725. The number of hydrogen-bond acceptors (Lipinski definition) is 1. The summed E-state index contributed by atoms with van der Waals surface area (Å²) < 4.78 is 68.1. The third-order valence-electron chi connectivity index (χ3n) is 16.2. The molecule has 356 valence electrons. The van der Waals surface area contributed by atoms with Crippen molar-refractivity contribution in [2.75, 3.05) is 4.90 Å². The maximum Gasteiger partial charge on any atom is 0.130 e. The molecule has 0 amide bonds. The first-order chi connectivity index (χ1) is 36.0. The summed E-state index contributed by atoms with van der Waals surface area (Å²) in [5.41, 5.74) is 12.9. The van der Waals surface area contributed by atoms with Crippen LogP contribution in [0.2, 0.25) is 0 Å². The van der Waals surface area contributed by atoms with Crippen LogP contribution >= 0.6 is 0 Å². The van der Waals surface area contributed by atoms with Gasteiger partial charge in [-0.05, 0) is 150 Å². The van der Waals surface area contributed by atoms with Gasteiger partial charge in [0, 0.05) is 33.6 Å². The van der Waals surface area contributed by atoms with Gasteiger partial charge < -0.3 is 4.90 Å². The zero-order valence-corrected chi connectivity index (χ0v) is 40.7. The predicted molar refractivity (Wildman–Crippen MR) is 293 cm³/mol. The minimum absolute atomic E-state index is 0.0761. The lowest BCUT2D eigenvalue weighted by molar-refractivity contribution is 0.526. The highest BCUT2D eigenvalue weighted by molar-refractivity contribution is 5.93. The summed E-state index contributed by atoms with van der Waals surface area (Å²) in [6.07, 6.45) is 3.51. The minimum Gasteiger partial charge on any atom is -0.310 e. The summed E-state index contributed by atoms with van der Waals surface area (Å²) in [7, 11) is 0. The van der Waals surface area contributed by atoms with Gasteiger partial charge in [0.1, 0.15) is 23.3 Å². The Labute approximate surface area is 428 Å². The van der Waals surface area contributed by atoms with Gasteiger partial charge in [-0.25, -0.2) is 17.6 Å². The summed E-state index contributed by atoms with van der Waals surface area (Å²) in [5, 5.41) is 0. The quantitative estimate of drug-likeness (QED) is 0.130. The maximum absolute atomic E-state index is 17.0. The van der Waals surface area contributed by atoms with Crippen LogP contribution in [-0.2, 0) is 16.2 Å². The van der Waals surface area contributed by atoms with Crippen LogP contribution in [-0.4, -0.2) is 0 Å². The number of nitrogens with zero attached hydrogens (tertiary/aromatic N) is 1. The second-order valence-electron chi connectivity index (χ2n) is 20.1. The molecule has 3 aliphatic rings. The van der Waals surface area contributed by atoms with Crippen molar-refractivity contribution in [1.82, 2.24) is 0 Å². The molecular weight excluding hydrogens is 919 g/mol. The van der Waals surface area contributed by atoms with E-state index in [2.05, 4.69) is 111 Å². The molecule has 1 nitrogen and oxygen atoms in total. The van der Waals surface area contributed by atoms with E-state index in [1.165, 1.54) is 47.5 Å². The molecule has 2 atom stereocenters. The van der Waals surface area contributed by atoms with Gasteiger partial charge in [0.15, 0.2) is 0 Å². The Morgan fingerprint density at radius 2 is 0.662 bits per heavy atom. The van der Waals surface area contributed by atoms with Crippen molar-refractivity contribution in [3.05, 3.63) is 316 Å². The van der Waals surface area contributed by atoms with E-state index >= 15 is 17.6 Å². The number of rotatable bonds is 9. The Hall–Kier alpha value is -8.80. The van der Waals surface area contributed by atoms with E-state index in [0.717, 1.165) is 61.3 Å². The van der Waals surface area contributed by atoms with Gasteiger partial charge >= 0.3 is 0 Å². The fourth-order valence-corrected chi connectivity index (χ4v) is 13.0. The summed E-state index contributed by atoms with van der Waals surface area (Å²) in [4.78, 5) is 2.18. The minimum atomic E-state index is -1.45. The average Bonchev–Trinajstić information content (AvgIpc) is 4.00. The summed E-state index contributed by atoms with van der Waals surface area (Å²) in [5.74, 6) is -2.67. The molecule has 10 aromatic carbocycles. The Morgan fingerprint density at radius 1 is 0.338 bits per heavy atom. The lowest BCUT2D eigenvalue weighted by atomic mass is 9.67. The van der Waals surface area contributed by atoms with Crippen LogP contribution in [0.4, 0.5) is 34.6 Å². The van der Waals surface area contributed by atoms with Crippen molar-refractivity contribution in [1.29, 1.82) is 0 Å². The Kier molecular flexibility index (Phi) is 10.1. The molecule has 10 aromatic rings. The van der Waals surface area contributed by atoms with Crippen molar-refractivity contribution < 1.29 is 17.6 Å². The Bertz CT molecular complexity index is 3730. The number of halogens is 4. The molecule has 0 bridgehead atoms. The van der Waals surface area contributed by atoms with Crippen LogP contribution < -0.4 is 4.90 Å². The van der Waals surface area contributed by atoms with Crippen molar-refractivity contribution in [2.24, 2.45) is 0 Å². The van der Waals surface area contributed by atoms with E-state index in [-0.39, 0.29) is 16.5 Å². The summed E-state index contributed by atoms with van der Waals surface area (Å²) >= 11 is 0. The fourth-order valence-electron chi connectivity index (χ4n) is 13.0. The molecule has 0 saturated carbocycles.